The SMILES string of the molecule is CNCC1(C(=O)OC)CCN(Cc2ccccc2)C1. The highest BCUT2D eigenvalue weighted by Gasteiger charge is 2.44. The average Bonchev–Trinajstić information content (AvgIpc) is 2.84. The molecule has 1 fully saturated rings. The Labute approximate surface area is 114 Å². The molecular formula is C15H22N2O2. The summed E-state index contributed by atoms with van der Waals surface area (Å²) in [5.41, 5.74) is 0.894. The van der Waals surface area contributed by atoms with Crippen molar-refractivity contribution in [2.45, 2.75) is 13.0 Å². The maximum Gasteiger partial charge on any atom is 0.314 e. The van der Waals surface area contributed by atoms with Gasteiger partial charge < -0.3 is 10.1 Å². The van der Waals surface area contributed by atoms with Crippen molar-refractivity contribution in [1.29, 1.82) is 0 Å². The summed E-state index contributed by atoms with van der Waals surface area (Å²) in [5, 5.41) is 3.12. The van der Waals surface area contributed by atoms with Gasteiger partial charge in [-0.2, -0.15) is 0 Å². The molecule has 1 saturated heterocycles. The summed E-state index contributed by atoms with van der Waals surface area (Å²) in [6.07, 6.45) is 0.855. The van der Waals surface area contributed by atoms with E-state index in [2.05, 4.69) is 22.3 Å². The van der Waals surface area contributed by atoms with Crippen LogP contribution in [-0.4, -0.2) is 44.7 Å². The van der Waals surface area contributed by atoms with Gasteiger partial charge in [0.2, 0.25) is 0 Å². The molecule has 0 radical (unpaired) electrons. The molecule has 4 nitrogen and oxygen atoms in total. The van der Waals surface area contributed by atoms with Crippen LogP contribution in [0.1, 0.15) is 12.0 Å². The topological polar surface area (TPSA) is 41.6 Å². The number of nitrogens with one attached hydrogen (secondary N) is 1. The Hall–Kier alpha value is -1.39. The molecule has 1 aromatic carbocycles. The average molecular weight is 262 g/mol. The highest BCUT2D eigenvalue weighted by atomic mass is 16.5. The molecule has 0 aliphatic carbocycles. The van der Waals surface area contributed by atoms with Crippen LogP contribution in [-0.2, 0) is 16.1 Å². The number of methoxy groups -OCH3 is 1. The van der Waals surface area contributed by atoms with Crippen molar-refractivity contribution in [2.24, 2.45) is 5.41 Å². The van der Waals surface area contributed by atoms with Gasteiger partial charge in [0.15, 0.2) is 0 Å². The van der Waals surface area contributed by atoms with E-state index in [-0.39, 0.29) is 5.97 Å². The highest BCUT2D eigenvalue weighted by Crippen LogP contribution is 2.32. The van der Waals surface area contributed by atoms with Gasteiger partial charge in [-0.05, 0) is 25.6 Å². The first-order valence-electron chi connectivity index (χ1n) is 6.69. The second-order valence-corrected chi connectivity index (χ2v) is 5.25. The number of nitrogens with zero attached hydrogens (tertiary/aromatic N) is 1. The second kappa shape index (κ2) is 6.17. The molecule has 1 heterocycles. The van der Waals surface area contributed by atoms with E-state index in [0.717, 1.165) is 26.1 Å². The molecule has 1 aliphatic rings. The smallest absolute Gasteiger partial charge is 0.314 e. The van der Waals surface area contributed by atoms with Crippen molar-refractivity contribution >= 4 is 5.97 Å². The highest BCUT2D eigenvalue weighted by molar-refractivity contribution is 5.77. The summed E-state index contributed by atoms with van der Waals surface area (Å²) < 4.78 is 4.98. The normalized spacial score (nSPS) is 23.5. The van der Waals surface area contributed by atoms with E-state index in [1.54, 1.807) is 0 Å². The zero-order valence-electron chi connectivity index (χ0n) is 11.7. The number of esters is 1. The minimum Gasteiger partial charge on any atom is -0.469 e. The van der Waals surface area contributed by atoms with Crippen LogP contribution in [0.4, 0.5) is 0 Å². The molecular weight excluding hydrogens is 240 g/mol. The molecule has 104 valence electrons. The molecule has 0 bridgehead atoms. The number of benzene rings is 1. The van der Waals surface area contributed by atoms with E-state index >= 15 is 0 Å². The molecule has 4 heteroatoms. The van der Waals surface area contributed by atoms with E-state index in [4.69, 9.17) is 4.74 Å². The van der Waals surface area contributed by atoms with E-state index in [9.17, 15) is 4.79 Å². The lowest BCUT2D eigenvalue weighted by Crippen LogP contribution is -2.43. The lowest BCUT2D eigenvalue weighted by atomic mass is 9.87. The van der Waals surface area contributed by atoms with Gasteiger partial charge in [-0.1, -0.05) is 30.3 Å². The predicted octanol–water partition coefficient (Wildman–Crippen LogP) is 1.27. The minimum atomic E-state index is -0.391. The molecule has 0 spiro atoms. The number of hydrogen-bond acceptors (Lipinski definition) is 4. The Morgan fingerprint density at radius 1 is 1.42 bits per heavy atom. The summed E-state index contributed by atoms with van der Waals surface area (Å²) >= 11 is 0. The lowest BCUT2D eigenvalue weighted by molar-refractivity contribution is -0.151. The Bertz CT molecular complexity index is 421. The van der Waals surface area contributed by atoms with Gasteiger partial charge in [0.05, 0.1) is 12.5 Å². The summed E-state index contributed by atoms with van der Waals surface area (Å²) in [6, 6.07) is 10.4. The molecule has 1 aliphatic heterocycles. The van der Waals surface area contributed by atoms with Crippen LogP contribution in [0.25, 0.3) is 0 Å². The quantitative estimate of drug-likeness (QED) is 0.812. The molecule has 2 rings (SSSR count). The van der Waals surface area contributed by atoms with E-state index in [1.165, 1.54) is 12.7 Å². The van der Waals surface area contributed by atoms with Gasteiger partial charge in [0.25, 0.3) is 0 Å². The Kier molecular flexibility index (Phi) is 4.56. The minimum absolute atomic E-state index is 0.0996. The van der Waals surface area contributed by atoms with Crippen molar-refractivity contribution in [3.8, 4) is 0 Å². The molecule has 1 unspecified atom stereocenters. The van der Waals surface area contributed by atoms with Crippen LogP contribution >= 0.6 is 0 Å². The molecule has 19 heavy (non-hydrogen) atoms. The van der Waals surface area contributed by atoms with Gasteiger partial charge in [-0.25, -0.2) is 0 Å². The maximum atomic E-state index is 12.0. The first-order chi connectivity index (χ1) is 9.20. The molecule has 0 aromatic heterocycles. The van der Waals surface area contributed by atoms with Crippen molar-refractivity contribution in [1.82, 2.24) is 10.2 Å². The van der Waals surface area contributed by atoms with Crippen molar-refractivity contribution in [3.05, 3.63) is 35.9 Å². The standard InChI is InChI=1S/C15H22N2O2/c1-16-11-15(14(18)19-2)8-9-17(12-15)10-13-6-4-3-5-7-13/h3-7,16H,8-12H2,1-2H3. The van der Waals surface area contributed by atoms with Crippen molar-refractivity contribution in [2.75, 3.05) is 33.8 Å². The number of hydrogen-bond donors (Lipinski definition) is 1. The molecule has 0 saturated carbocycles. The first kappa shape index (κ1) is 14.0. The Morgan fingerprint density at radius 2 is 2.16 bits per heavy atom. The van der Waals surface area contributed by atoms with Gasteiger partial charge in [-0.3, -0.25) is 9.69 Å². The Balaban J connectivity index is 2.02. The van der Waals surface area contributed by atoms with E-state index in [1.807, 2.05) is 25.2 Å². The predicted molar refractivity (Wildman–Crippen MR) is 74.7 cm³/mol. The molecule has 1 aromatic rings. The fraction of sp³-hybridized carbons (Fsp3) is 0.533. The van der Waals surface area contributed by atoms with E-state index < -0.39 is 5.41 Å². The van der Waals surface area contributed by atoms with Crippen LogP contribution in [0.5, 0.6) is 0 Å². The first-order valence-corrected chi connectivity index (χ1v) is 6.69. The van der Waals surface area contributed by atoms with Crippen LogP contribution in [0.3, 0.4) is 0 Å². The van der Waals surface area contributed by atoms with Crippen LogP contribution in [0.15, 0.2) is 30.3 Å². The third-order valence-electron chi connectivity index (χ3n) is 3.82. The fourth-order valence-corrected chi connectivity index (χ4v) is 2.87. The second-order valence-electron chi connectivity index (χ2n) is 5.25. The Morgan fingerprint density at radius 3 is 2.79 bits per heavy atom. The van der Waals surface area contributed by atoms with E-state index in [0.29, 0.717) is 6.54 Å². The van der Waals surface area contributed by atoms with Gasteiger partial charge in [0, 0.05) is 19.6 Å². The number of carbonyl (C=O) groups is 1. The third-order valence-corrected chi connectivity index (χ3v) is 3.82. The van der Waals surface area contributed by atoms with Crippen LogP contribution in [0.2, 0.25) is 0 Å². The van der Waals surface area contributed by atoms with Crippen molar-refractivity contribution < 1.29 is 9.53 Å². The lowest BCUT2D eigenvalue weighted by Gasteiger charge is -2.26. The summed E-state index contributed by atoms with van der Waals surface area (Å²) in [6.45, 7) is 3.26. The molecule has 1 N–H and O–H groups in total. The number of ether oxygens (including phenoxy) is 1. The number of likely N-dealkylation sites (tertiary alicyclic amines) is 1. The largest absolute Gasteiger partial charge is 0.469 e. The summed E-state index contributed by atoms with van der Waals surface area (Å²) in [5.74, 6) is -0.0996. The zero-order valence-corrected chi connectivity index (χ0v) is 11.7. The van der Waals surface area contributed by atoms with Gasteiger partial charge in [-0.15, -0.1) is 0 Å². The van der Waals surface area contributed by atoms with Crippen LogP contribution in [0, 0.1) is 5.41 Å². The summed E-state index contributed by atoms with van der Waals surface area (Å²) in [4.78, 5) is 14.4. The summed E-state index contributed by atoms with van der Waals surface area (Å²) in [7, 11) is 3.35. The van der Waals surface area contributed by atoms with Gasteiger partial charge in [0.1, 0.15) is 0 Å². The number of carbonyl (C=O) groups excluding carboxylic acids is 1. The fourth-order valence-electron chi connectivity index (χ4n) is 2.87. The molecule has 1 atom stereocenters. The van der Waals surface area contributed by atoms with Crippen molar-refractivity contribution in [3.63, 3.8) is 0 Å². The number of rotatable bonds is 5. The molecule has 0 amide bonds. The zero-order chi connectivity index (χ0) is 13.7. The van der Waals surface area contributed by atoms with Gasteiger partial charge >= 0.3 is 5.97 Å². The third kappa shape index (κ3) is 3.14. The maximum absolute atomic E-state index is 12.0. The van der Waals surface area contributed by atoms with Crippen LogP contribution < -0.4 is 5.32 Å². The monoisotopic (exact) mass is 262 g/mol.